The van der Waals surface area contributed by atoms with Crippen molar-refractivity contribution in [2.45, 2.75) is 13.0 Å². The van der Waals surface area contributed by atoms with Gasteiger partial charge in [0.15, 0.2) is 0 Å². The summed E-state index contributed by atoms with van der Waals surface area (Å²) >= 11 is 5.86. The van der Waals surface area contributed by atoms with Gasteiger partial charge in [-0.05, 0) is 25.1 Å². The first-order chi connectivity index (χ1) is 6.66. The zero-order chi connectivity index (χ0) is 10.1. The molecule has 1 unspecified atom stereocenters. The van der Waals surface area contributed by atoms with Gasteiger partial charge in [0, 0.05) is 16.6 Å². The van der Waals surface area contributed by atoms with E-state index in [2.05, 4.69) is 9.97 Å². The van der Waals surface area contributed by atoms with Gasteiger partial charge < -0.3 is 5.73 Å². The van der Waals surface area contributed by atoms with Crippen molar-refractivity contribution in [1.29, 1.82) is 0 Å². The second-order valence-corrected chi connectivity index (χ2v) is 3.66. The Kier molecular flexibility index (Phi) is 2.35. The minimum atomic E-state index is -0.154. The van der Waals surface area contributed by atoms with Crippen LogP contribution >= 0.6 is 11.6 Å². The highest BCUT2D eigenvalue weighted by molar-refractivity contribution is 6.31. The Morgan fingerprint density at radius 3 is 2.93 bits per heavy atom. The predicted octanol–water partition coefficient (Wildman–Crippen LogP) is 2.30. The lowest BCUT2D eigenvalue weighted by Crippen LogP contribution is -2.09. The first-order valence-corrected chi connectivity index (χ1v) is 4.72. The maximum absolute atomic E-state index is 5.86. The van der Waals surface area contributed by atoms with E-state index in [9.17, 15) is 0 Å². The summed E-state index contributed by atoms with van der Waals surface area (Å²) in [5, 5.41) is 1.64. The molecule has 0 aliphatic heterocycles. The van der Waals surface area contributed by atoms with Crippen molar-refractivity contribution in [3.05, 3.63) is 35.2 Å². The highest BCUT2D eigenvalue weighted by Gasteiger charge is 2.04. The molecule has 72 valence electrons. The van der Waals surface area contributed by atoms with Crippen LogP contribution in [0.3, 0.4) is 0 Å². The lowest BCUT2D eigenvalue weighted by molar-refractivity contribution is 0.746. The molecule has 3 nitrogen and oxygen atoms in total. The summed E-state index contributed by atoms with van der Waals surface area (Å²) in [6.07, 6.45) is 1.76. The average Bonchev–Trinajstić information content (AvgIpc) is 2.16. The molecular weight excluding hydrogens is 198 g/mol. The number of nitrogens with zero attached hydrogens (tertiary/aromatic N) is 2. The molecule has 0 aliphatic carbocycles. The van der Waals surface area contributed by atoms with E-state index >= 15 is 0 Å². The molecule has 0 amide bonds. The quantitative estimate of drug-likeness (QED) is 0.781. The number of hydrogen-bond donors (Lipinski definition) is 1. The van der Waals surface area contributed by atoms with Gasteiger partial charge in [0.2, 0.25) is 0 Å². The zero-order valence-corrected chi connectivity index (χ0v) is 8.49. The molecule has 4 heteroatoms. The van der Waals surface area contributed by atoms with Crippen LogP contribution < -0.4 is 5.73 Å². The number of fused-ring (bicyclic) bond motifs is 1. The van der Waals surface area contributed by atoms with E-state index in [4.69, 9.17) is 17.3 Å². The van der Waals surface area contributed by atoms with E-state index in [1.807, 2.05) is 25.1 Å². The summed E-state index contributed by atoms with van der Waals surface area (Å²) in [5.41, 5.74) is 6.52. The summed E-state index contributed by atoms with van der Waals surface area (Å²) < 4.78 is 0. The van der Waals surface area contributed by atoms with Gasteiger partial charge in [0.05, 0.1) is 11.6 Å². The van der Waals surface area contributed by atoms with Crippen LogP contribution in [0.5, 0.6) is 0 Å². The van der Waals surface area contributed by atoms with Crippen LogP contribution in [0.25, 0.3) is 10.9 Å². The smallest absolute Gasteiger partial charge is 0.145 e. The minimum absolute atomic E-state index is 0.154. The first kappa shape index (κ1) is 9.37. The van der Waals surface area contributed by atoms with E-state index in [0.29, 0.717) is 10.8 Å². The Labute approximate surface area is 86.9 Å². The topological polar surface area (TPSA) is 51.8 Å². The molecule has 0 saturated heterocycles. The molecule has 0 spiro atoms. The molecule has 1 atom stereocenters. The van der Waals surface area contributed by atoms with Crippen molar-refractivity contribution in [3.8, 4) is 0 Å². The summed E-state index contributed by atoms with van der Waals surface area (Å²) in [7, 11) is 0. The van der Waals surface area contributed by atoms with Crippen molar-refractivity contribution in [3.63, 3.8) is 0 Å². The molecule has 0 aliphatic rings. The molecule has 0 fully saturated rings. The predicted molar refractivity (Wildman–Crippen MR) is 57.2 cm³/mol. The van der Waals surface area contributed by atoms with Gasteiger partial charge in [-0.2, -0.15) is 0 Å². The maximum atomic E-state index is 5.86. The zero-order valence-electron chi connectivity index (χ0n) is 7.74. The van der Waals surface area contributed by atoms with E-state index in [-0.39, 0.29) is 6.04 Å². The molecule has 1 heterocycles. The van der Waals surface area contributed by atoms with Crippen molar-refractivity contribution in [2.24, 2.45) is 5.73 Å². The monoisotopic (exact) mass is 207 g/mol. The SMILES string of the molecule is CC(N)c1ncc2ccc(Cl)cc2n1. The highest BCUT2D eigenvalue weighted by Crippen LogP contribution is 2.17. The molecule has 1 aromatic heterocycles. The standard InChI is InChI=1S/C10H10ClN3/c1-6(12)10-13-5-7-2-3-8(11)4-9(7)14-10/h2-6H,12H2,1H3. The van der Waals surface area contributed by atoms with Crippen LogP contribution in [0.15, 0.2) is 24.4 Å². The van der Waals surface area contributed by atoms with Crippen LogP contribution in [-0.4, -0.2) is 9.97 Å². The summed E-state index contributed by atoms with van der Waals surface area (Å²) in [5.74, 6) is 0.639. The molecule has 1 aromatic carbocycles. The van der Waals surface area contributed by atoms with Crippen molar-refractivity contribution < 1.29 is 0 Å². The number of benzene rings is 1. The van der Waals surface area contributed by atoms with Crippen molar-refractivity contribution in [2.75, 3.05) is 0 Å². The third-order valence-electron chi connectivity index (χ3n) is 1.97. The van der Waals surface area contributed by atoms with Crippen LogP contribution in [-0.2, 0) is 0 Å². The van der Waals surface area contributed by atoms with E-state index in [1.165, 1.54) is 0 Å². The fraction of sp³-hybridized carbons (Fsp3) is 0.200. The fourth-order valence-electron chi connectivity index (χ4n) is 1.23. The van der Waals surface area contributed by atoms with Crippen LogP contribution in [0.4, 0.5) is 0 Å². The van der Waals surface area contributed by atoms with Crippen LogP contribution in [0.2, 0.25) is 5.02 Å². The van der Waals surface area contributed by atoms with Gasteiger partial charge in [-0.25, -0.2) is 9.97 Å². The van der Waals surface area contributed by atoms with Crippen LogP contribution in [0, 0.1) is 0 Å². The average molecular weight is 208 g/mol. The maximum Gasteiger partial charge on any atom is 0.145 e. The number of rotatable bonds is 1. The third-order valence-corrected chi connectivity index (χ3v) is 2.21. The second-order valence-electron chi connectivity index (χ2n) is 3.22. The molecule has 0 bridgehead atoms. The molecule has 2 N–H and O–H groups in total. The van der Waals surface area contributed by atoms with Crippen molar-refractivity contribution in [1.82, 2.24) is 9.97 Å². The van der Waals surface area contributed by atoms with Gasteiger partial charge in [0.25, 0.3) is 0 Å². The molecule has 0 saturated carbocycles. The second kappa shape index (κ2) is 3.52. The van der Waals surface area contributed by atoms with Crippen LogP contribution in [0.1, 0.15) is 18.8 Å². The van der Waals surface area contributed by atoms with E-state index in [1.54, 1.807) is 6.20 Å². The normalized spacial score (nSPS) is 13.1. The first-order valence-electron chi connectivity index (χ1n) is 4.34. The lowest BCUT2D eigenvalue weighted by atomic mass is 10.2. The van der Waals surface area contributed by atoms with Gasteiger partial charge in [-0.3, -0.25) is 0 Å². The highest BCUT2D eigenvalue weighted by atomic mass is 35.5. The number of nitrogens with two attached hydrogens (primary N) is 1. The molecular formula is C10H10ClN3. The molecule has 0 radical (unpaired) electrons. The molecule has 2 rings (SSSR count). The lowest BCUT2D eigenvalue weighted by Gasteiger charge is -2.04. The molecule has 2 aromatic rings. The molecule has 14 heavy (non-hydrogen) atoms. The fourth-order valence-corrected chi connectivity index (χ4v) is 1.40. The Balaban J connectivity index is 2.63. The van der Waals surface area contributed by atoms with Gasteiger partial charge in [0.1, 0.15) is 5.82 Å². The van der Waals surface area contributed by atoms with Gasteiger partial charge >= 0.3 is 0 Å². The number of halogens is 1. The Bertz CT molecular complexity index is 468. The van der Waals surface area contributed by atoms with Gasteiger partial charge in [-0.15, -0.1) is 0 Å². The van der Waals surface area contributed by atoms with E-state index in [0.717, 1.165) is 10.9 Å². The summed E-state index contributed by atoms with van der Waals surface area (Å²) in [4.78, 5) is 8.47. The Morgan fingerprint density at radius 1 is 1.43 bits per heavy atom. The summed E-state index contributed by atoms with van der Waals surface area (Å²) in [6, 6.07) is 5.37. The number of aromatic nitrogens is 2. The third kappa shape index (κ3) is 1.69. The number of hydrogen-bond acceptors (Lipinski definition) is 3. The summed E-state index contributed by atoms with van der Waals surface area (Å²) in [6.45, 7) is 1.85. The largest absolute Gasteiger partial charge is 0.322 e. The Morgan fingerprint density at radius 2 is 2.21 bits per heavy atom. The van der Waals surface area contributed by atoms with Gasteiger partial charge in [-0.1, -0.05) is 11.6 Å². The van der Waals surface area contributed by atoms with E-state index < -0.39 is 0 Å². The minimum Gasteiger partial charge on any atom is -0.322 e. The van der Waals surface area contributed by atoms with Crippen molar-refractivity contribution >= 4 is 22.5 Å². The Hall–Kier alpha value is -1.19.